The van der Waals surface area contributed by atoms with Crippen molar-refractivity contribution in [1.29, 1.82) is 0 Å². The van der Waals surface area contributed by atoms with Gasteiger partial charge in [-0.25, -0.2) is 4.39 Å². The van der Waals surface area contributed by atoms with Crippen molar-refractivity contribution in [1.82, 2.24) is 4.90 Å². The van der Waals surface area contributed by atoms with E-state index >= 15 is 0 Å². The lowest BCUT2D eigenvalue weighted by Gasteiger charge is -2.12. The van der Waals surface area contributed by atoms with Gasteiger partial charge in [0.1, 0.15) is 11.6 Å². The number of carbonyl (C=O) groups is 2. The molecule has 7 heteroatoms. The number of amides is 2. The van der Waals surface area contributed by atoms with E-state index in [2.05, 4.69) is 0 Å². The van der Waals surface area contributed by atoms with Crippen LogP contribution in [-0.2, 0) is 11.3 Å². The van der Waals surface area contributed by atoms with Crippen molar-refractivity contribution in [2.75, 3.05) is 7.11 Å². The lowest BCUT2D eigenvalue weighted by atomic mass is 10.2. The van der Waals surface area contributed by atoms with Gasteiger partial charge in [-0.05, 0) is 53.2 Å². The molecule has 4 nitrogen and oxygen atoms in total. The van der Waals surface area contributed by atoms with Gasteiger partial charge in [-0.2, -0.15) is 0 Å². The number of carbonyl (C=O) groups excluding carboxylic acids is 2. The summed E-state index contributed by atoms with van der Waals surface area (Å²) in [5.74, 6) is -0.219. The Hall–Kier alpha value is -2.31. The number of halogens is 2. The molecule has 0 bridgehead atoms. The normalized spacial score (nSPS) is 16.0. The SMILES string of the molecule is COc1ccc(C=C2SC(=O)N(Cc3ccc(F)cc3)C2=O)cc1Cl. The summed E-state index contributed by atoms with van der Waals surface area (Å²) >= 11 is 6.94. The second kappa shape index (κ2) is 7.29. The molecule has 1 aliphatic heterocycles. The Balaban J connectivity index is 1.80. The average molecular weight is 378 g/mol. The van der Waals surface area contributed by atoms with E-state index in [1.807, 2.05) is 0 Å². The average Bonchev–Trinajstić information content (AvgIpc) is 2.84. The van der Waals surface area contributed by atoms with Crippen molar-refractivity contribution >= 4 is 40.6 Å². The molecular formula is C18H13ClFNO3S. The number of ether oxygens (including phenoxy) is 1. The van der Waals surface area contributed by atoms with Gasteiger partial charge in [0, 0.05) is 0 Å². The standard InChI is InChI=1S/C18H13ClFNO3S/c1-24-15-7-4-12(8-14(15)19)9-16-17(22)21(18(23)25-16)10-11-2-5-13(20)6-3-11/h2-9H,10H2,1H3. The van der Waals surface area contributed by atoms with Crippen molar-refractivity contribution in [3.05, 3.63) is 69.3 Å². The summed E-state index contributed by atoms with van der Waals surface area (Å²) in [4.78, 5) is 26.1. The molecule has 1 aliphatic rings. The number of hydrogen-bond donors (Lipinski definition) is 0. The molecule has 25 heavy (non-hydrogen) atoms. The molecule has 0 unspecified atom stereocenters. The summed E-state index contributed by atoms with van der Waals surface area (Å²) in [5.41, 5.74) is 1.37. The molecule has 0 N–H and O–H groups in total. The van der Waals surface area contributed by atoms with Gasteiger partial charge < -0.3 is 4.74 Å². The van der Waals surface area contributed by atoms with Crippen LogP contribution in [0.3, 0.4) is 0 Å². The maximum atomic E-state index is 13.0. The first-order chi connectivity index (χ1) is 12.0. The predicted molar refractivity (Wildman–Crippen MR) is 95.9 cm³/mol. The molecule has 3 rings (SSSR count). The lowest BCUT2D eigenvalue weighted by Crippen LogP contribution is -2.27. The van der Waals surface area contributed by atoms with Crippen molar-refractivity contribution in [3.8, 4) is 5.75 Å². The van der Waals surface area contributed by atoms with E-state index in [9.17, 15) is 14.0 Å². The van der Waals surface area contributed by atoms with E-state index in [1.165, 1.54) is 19.2 Å². The third-order valence-corrected chi connectivity index (χ3v) is 4.80. The second-order valence-electron chi connectivity index (χ2n) is 5.29. The molecule has 0 saturated carbocycles. The number of methoxy groups -OCH3 is 1. The molecule has 2 aromatic carbocycles. The van der Waals surface area contributed by atoms with Gasteiger partial charge >= 0.3 is 0 Å². The van der Waals surface area contributed by atoms with Crippen LogP contribution < -0.4 is 4.74 Å². The van der Waals surface area contributed by atoms with Crippen LogP contribution in [0.1, 0.15) is 11.1 Å². The summed E-state index contributed by atoms with van der Waals surface area (Å²) in [6, 6.07) is 10.8. The van der Waals surface area contributed by atoms with Gasteiger partial charge in [0.2, 0.25) is 0 Å². The summed E-state index contributed by atoms with van der Waals surface area (Å²) in [6.45, 7) is 0.103. The highest BCUT2D eigenvalue weighted by Crippen LogP contribution is 2.34. The Morgan fingerprint density at radius 1 is 1.20 bits per heavy atom. The Morgan fingerprint density at radius 3 is 2.56 bits per heavy atom. The summed E-state index contributed by atoms with van der Waals surface area (Å²) < 4.78 is 18.1. The minimum atomic E-state index is -0.383. The number of thioether (sulfide) groups is 1. The van der Waals surface area contributed by atoms with Crippen LogP contribution in [0, 0.1) is 5.82 Å². The monoisotopic (exact) mass is 377 g/mol. The zero-order chi connectivity index (χ0) is 18.0. The lowest BCUT2D eigenvalue weighted by molar-refractivity contribution is -0.123. The third kappa shape index (κ3) is 3.86. The fraction of sp³-hybridized carbons (Fsp3) is 0.111. The zero-order valence-corrected chi connectivity index (χ0v) is 14.7. The van der Waals surface area contributed by atoms with Gasteiger partial charge in [-0.3, -0.25) is 14.5 Å². The van der Waals surface area contributed by atoms with E-state index in [0.29, 0.717) is 26.8 Å². The van der Waals surface area contributed by atoms with E-state index in [-0.39, 0.29) is 23.5 Å². The first-order valence-electron chi connectivity index (χ1n) is 7.31. The van der Waals surface area contributed by atoms with E-state index in [0.717, 1.165) is 16.7 Å². The number of imide groups is 1. The van der Waals surface area contributed by atoms with Crippen molar-refractivity contribution in [2.24, 2.45) is 0 Å². The fourth-order valence-corrected chi connectivity index (χ4v) is 3.44. The quantitative estimate of drug-likeness (QED) is 0.723. The van der Waals surface area contributed by atoms with Crippen LogP contribution in [0.15, 0.2) is 47.4 Å². The minimum absolute atomic E-state index is 0.103. The van der Waals surface area contributed by atoms with Crippen molar-refractivity contribution < 1.29 is 18.7 Å². The molecule has 2 aromatic rings. The van der Waals surface area contributed by atoms with Crippen molar-refractivity contribution in [3.63, 3.8) is 0 Å². The largest absolute Gasteiger partial charge is 0.495 e. The van der Waals surface area contributed by atoms with Crippen LogP contribution in [0.2, 0.25) is 5.02 Å². The van der Waals surface area contributed by atoms with E-state index in [4.69, 9.17) is 16.3 Å². The Labute approximate surface area is 153 Å². The molecule has 0 aliphatic carbocycles. The second-order valence-corrected chi connectivity index (χ2v) is 6.69. The maximum Gasteiger partial charge on any atom is 0.293 e. The molecule has 1 fully saturated rings. The predicted octanol–water partition coefficient (Wildman–Crippen LogP) is 4.72. The zero-order valence-electron chi connectivity index (χ0n) is 13.2. The van der Waals surface area contributed by atoms with Crippen LogP contribution >= 0.6 is 23.4 Å². The Bertz CT molecular complexity index is 867. The Morgan fingerprint density at radius 2 is 1.92 bits per heavy atom. The van der Waals surface area contributed by atoms with E-state index < -0.39 is 0 Å². The van der Waals surface area contributed by atoms with Crippen molar-refractivity contribution in [2.45, 2.75) is 6.54 Å². The smallest absolute Gasteiger partial charge is 0.293 e. The number of hydrogen-bond acceptors (Lipinski definition) is 4. The number of benzene rings is 2. The highest BCUT2D eigenvalue weighted by molar-refractivity contribution is 8.18. The molecule has 0 aromatic heterocycles. The maximum absolute atomic E-state index is 13.0. The highest BCUT2D eigenvalue weighted by Gasteiger charge is 2.34. The van der Waals surface area contributed by atoms with Crippen LogP contribution in [0.5, 0.6) is 5.75 Å². The van der Waals surface area contributed by atoms with Gasteiger partial charge in [-0.1, -0.05) is 29.8 Å². The topological polar surface area (TPSA) is 46.6 Å². The minimum Gasteiger partial charge on any atom is -0.495 e. The third-order valence-electron chi connectivity index (χ3n) is 3.60. The van der Waals surface area contributed by atoms with Gasteiger partial charge in [0.25, 0.3) is 11.1 Å². The fourth-order valence-electron chi connectivity index (χ4n) is 2.33. The van der Waals surface area contributed by atoms with Crippen LogP contribution in [0.4, 0.5) is 9.18 Å². The molecule has 0 radical (unpaired) electrons. The first-order valence-corrected chi connectivity index (χ1v) is 8.51. The number of rotatable bonds is 4. The highest BCUT2D eigenvalue weighted by atomic mass is 35.5. The van der Waals surface area contributed by atoms with Crippen LogP contribution in [0.25, 0.3) is 6.08 Å². The van der Waals surface area contributed by atoms with Gasteiger partial charge in [0.15, 0.2) is 0 Å². The molecule has 0 spiro atoms. The molecule has 1 heterocycles. The summed E-state index contributed by atoms with van der Waals surface area (Å²) in [7, 11) is 1.52. The van der Waals surface area contributed by atoms with Gasteiger partial charge in [0.05, 0.1) is 23.6 Å². The first kappa shape index (κ1) is 17.5. The molecule has 2 amide bonds. The summed E-state index contributed by atoms with van der Waals surface area (Å²) in [5, 5.41) is 0.0574. The molecule has 1 saturated heterocycles. The number of nitrogens with zero attached hydrogens (tertiary/aromatic N) is 1. The van der Waals surface area contributed by atoms with Crippen LogP contribution in [-0.4, -0.2) is 23.2 Å². The Kier molecular flexibility index (Phi) is 5.11. The van der Waals surface area contributed by atoms with E-state index in [1.54, 1.807) is 36.4 Å². The molecular weight excluding hydrogens is 365 g/mol. The summed E-state index contributed by atoms with van der Waals surface area (Å²) in [6.07, 6.45) is 1.61. The molecule has 0 atom stereocenters. The van der Waals surface area contributed by atoms with Gasteiger partial charge in [-0.15, -0.1) is 0 Å². The molecule has 128 valence electrons.